The molecule has 0 saturated carbocycles. The fraction of sp³-hybridized carbons (Fsp3) is 0.231. The van der Waals surface area contributed by atoms with Crippen molar-refractivity contribution in [3.05, 3.63) is 52.9 Å². The van der Waals surface area contributed by atoms with Crippen molar-refractivity contribution in [2.45, 2.75) is 20.8 Å². The molecule has 0 aliphatic heterocycles. The van der Waals surface area contributed by atoms with Crippen molar-refractivity contribution < 1.29 is 0 Å². The van der Waals surface area contributed by atoms with Gasteiger partial charge in [-0.05, 0) is 60.9 Å². The summed E-state index contributed by atoms with van der Waals surface area (Å²) in [4.78, 5) is 0. The first-order valence-electron chi connectivity index (χ1n) is 4.98. The zero-order valence-corrected chi connectivity index (χ0v) is 9.54. The summed E-state index contributed by atoms with van der Waals surface area (Å²) in [6, 6.07) is 4.25. The minimum absolute atomic E-state index is 0.948. The first kappa shape index (κ1) is 11.4. The van der Waals surface area contributed by atoms with Gasteiger partial charge < -0.3 is 11.5 Å². The molecule has 1 aromatic rings. The summed E-state index contributed by atoms with van der Waals surface area (Å²) in [6.07, 6.45) is 4.89. The van der Waals surface area contributed by atoms with Crippen LogP contribution in [0.4, 0.5) is 0 Å². The van der Waals surface area contributed by atoms with E-state index >= 15 is 0 Å². The average Bonchev–Trinajstić information content (AvgIpc) is 2.22. The molecule has 0 aliphatic carbocycles. The van der Waals surface area contributed by atoms with Gasteiger partial charge in [0.25, 0.3) is 0 Å². The van der Waals surface area contributed by atoms with Crippen LogP contribution < -0.4 is 11.5 Å². The van der Waals surface area contributed by atoms with E-state index < -0.39 is 0 Å². The molecule has 0 bridgehead atoms. The van der Waals surface area contributed by atoms with Gasteiger partial charge in [-0.15, -0.1) is 0 Å². The molecule has 0 amide bonds. The van der Waals surface area contributed by atoms with Crippen molar-refractivity contribution in [3.8, 4) is 0 Å². The van der Waals surface area contributed by atoms with E-state index in [0.29, 0.717) is 0 Å². The first-order valence-corrected chi connectivity index (χ1v) is 4.98. The number of hydrogen-bond acceptors (Lipinski definition) is 2. The quantitative estimate of drug-likeness (QED) is 0.723. The Balaban J connectivity index is 3.27. The minimum atomic E-state index is 0.948. The highest BCUT2D eigenvalue weighted by Gasteiger charge is 2.03. The van der Waals surface area contributed by atoms with Crippen molar-refractivity contribution in [2.75, 3.05) is 0 Å². The molecular weight excluding hydrogens is 184 g/mol. The molecule has 0 saturated heterocycles. The number of benzene rings is 1. The summed E-state index contributed by atoms with van der Waals surface area (Å²) in [7, 11) is 0. The zero-order chi connectivity index (χ0) is 11.4. The SMILES string of the molecule is Cc1cc(C(/C=C\N)=C/N)cc(C)c1C. The molecule has 2 heteroatoms. The average molecular weight is 202 g/mol. The molecule has 1 aromatic carbocycles. The highest BCUT2D eigenvalue weighted by atomic mass is 14.5. The summed E-state index contributed by atoms with van der Waals surface area (Å²) < 4.78 is 0. The van der Waals surface area contributed by atoms with E-state index in [1.54, 1.807) is 6.20 Å². The van der Waals surface area contributed by atoms with Crippen molar-refractivity contribution in [1.82, 2.24) is 0 Å². The molecule has 0 radical (unpaired) electrons. The summed E-state index contributed by atoms with van der Waals surface area (Å²) >= 11 is 0. The van der Waals surface area contributed by atoms with E-state index in [9.17, 15) is 0 Å². The largest absolute Gasteiger partial charge is 0.405 e. The van der Waals surface area contributed by atoms with Crippen molar-refractivity contribution in [3.63, 3.8) is 0 Å². The summed E-state index contributed by atoms with van der Waals surface area (Å²) in [5.41, 5.74) is 16.9. The summed E-state index contributed by atoms with van der Waals surface area (Å²) in [5, 5.41) is 0. The van der Waals surface area contributed by atoms with E-state index in [1.165, 1.54) is 22.9 Å². The minimum Gasteiger partial charge on any atom is -0.405 e. The highest BCUT2D eigenvalue weighted by Crippen LogP contribution is 2.21. The third-order valence-corrected chi connectivity index (χ3v) is 2.72. The lowest BCUT2D eigenvalue weighted by atomic mass is 9.97. The second-order valence-corrected chi connectivity index (χ2v) is 3.72. The van der Waals surface area contributed by atoms with Crippen LogP contribution in [0.2, 0.25) is 0 Å². The van der Waals surface area contributed by atoms with Gasteiger partial charge in [0.05, 0.1) is 0 Å². The molecule has 0 heterocycles. The van der Waals surface area contributed by atoms with Gasteiger partial charge in [0.15, 0.2) is 0 Å². The van der Waals surface area contributed by atoms with Gasteiger partial charge in [0.1, 0.15) is 0 Å². The zero-order valence-electron chi connectivity index (χ0n) is 9.54. The number of allylic oxidation sites excluding steroid dienone is 2. The van der Waals surface area contributed by atoms with Crippen LogP contribution in [-0.2, 0) is 0 Å². The molecule has 0 atom stereocenters. The van der Waals surface area contributed by atoms with Crippen LogP contribution in [0.3, 0.4) is 0 Å². The predicted molar refractivity (Wildman–Crippen MR) is 66.1 cm³/mol. The molecule has 4 N–H and O–H groups in total. The van der Waals surface area contributed by atoms with Gasteiger partial charge >= 0.3 is 0 Å². The molecule has 80 valence electrons. The van der Waals surface area contributed by atoms with Gasteiger partial charge in [0, 0.05) is 6.20 Å². The third kappa shape index (κ3) is 2.40. The standard InChI is InChI=1S/C13H18N2/c1-9-6-13(7-10(2)11(9)3)12(8-15)4-5-14/h4-8H,14-15H2,1-3H3/b5-4-,12-8+. The van der Waals surface area contributed by atoms with Crippen LogP contribution in [0.5, 0.6) is 0 Å². The lowest BCUT2D eigenvalue weighted by molar-refractivity contribution is 1.26. The topological polar surface area (TPSA) is 52.0 Å². The Bertz CT molecular complexity index is 392. The summed E-state index contributed by atoms with van der Waals surface area (Å²) in [5.74, 6) is 0. The number of nitrogens with two attached hydrogens (primary N) is 2. The number of aryl methyl sites for hydroxylation is 2. The Morgan fingerprint density at radius 3 is 2.00 bits per heavy atom. The van der Waals surface area contributed by atoms with E-state index in [1.807, 2.05) is 6.08 Å². The lowest BCUT2D eigenvalue weighted by Gasteiger charge is -2.09. The molecule has 2 nitrogen and oxygen atoms in total. The van der Waals surface area contributed by atoms with Gasteiger partial charge in [-0.1, -0.05) is 12.1 Å². The predicted octanol–water partition coefficient (Wildman–Crippen LogP) is 2.38. The second kappa shape index (κ2) is 4.69. The molecule has 15 heavy (non-hydrogen) atoms. The van der Waals surface area contributed by atoms with E-state index in [4.69, 9.17) is 11.5 Å². The van der Waals surface area contributed by atoms with Gasteiger partial charge in [-0.25, -0.2) is 0 Å². The Labute approximate surface area is 91.3 Å². The van der Waals surface area contributed by atoms with Crippen molar-refractivity contribution >= 4 is 5.57 Å². The van der Waals surface area contributed by atoms with E-state index in [2.05, 4.69) is 32.9 Å². The normalized spacial score (nSPS) is 12.3. The maximum Gasteiger partial charge on any atom is 0.00181 e. The van der Waals surface area contributed by atoms with Crippen LogP contribution in [-0.4, -0.2) is 0 Å². The smallest absolute Gasteiger partial charge is 0.00181 e. The molecule has 1 rings (SSSR count). The monoisotopic (exact) mass is 202 g/mol. The Kier molecular flexibility index (Phi) is 3.56. The fourth-order valence-electron chi connectivity index (χ4n) is 1.55. The molecule has 0 aliphatic rings. The number of hydrogen-bond donors (Lipinski definition) is 2. The second-order valence-electron chi connectivity index (χ2n) is 3.72. The molecule has 0 fully saturated rings. The van der Waals surface area contributed by atoms with Gasteiger partial charge in [-0.2, -0.15) is 0 Å². The molecular formula is C13H18N2. The van der Waals surface area contributed by atoms with E-state index in [0.717, 1.165) is 11.1 Å². The van der Waals surface area contributed by atoms with Gasteiger partial charge in [-0.3, -0.25) is 0 Å². The lowest BCUT2D eigenvalue weighted by Crippen LogP contribution is -1.93. The Morgan fingerprint density at radius 2 is 1.60 bits per heavy atom. The first-order chi connectivity index (χ1) is 7.10. The Morgan fingerprint density at radius 1 is 1.07 bits per heavy atom. The maximum absolute atomic E-state index is 5.56. The Hall–Kier alpha value is -1.70. The maximum atomic E-state index is 5.56. The van der Waals surface area contributed by atoms with Crippen LogP contribution >= 0.6 is 0 Å². The van der Waals surface area contributed by atoms with Crippen LogP contribution in [0.1, 0.15) is 22.3 Å². The van der Waals surface area contributed by atoms with E-state index in [-0.39, 0.29) is 0 Å². The molecule has 0 unspecified atom stereocenters. The van der Waals surface area contributed by atoms with Crippen LogP contribution in [0.15, 0.2) is 30.6 Å². The summed E-state index contributed by atoms with van der Waals surface area (Å²) in [6.45, 7) is 6.33. The van der Waals surface area contributed by atoms with Crippen LogP contribution in [0, 0.1) is 20.8 Å². The van der Waals surface area contributed by atoms with Crippen molar-refractivity contribution in [1.29, 1.82) is 0 Å². The number of rotatable bonds is 2. The molecule has 0 spiro atoms. The third-order valence-electron chi connectivity index (χ3n) is 2.72. The highest BCUT2D eigenvalue weighted by molar-refractivity contribution is 5.74. The van der Waals surface area contributed by atoms with Crippen molar-refractivity contribution in [2.24, 2.45) is 11.5 Å². The van der Waals surface area contributed by atoms with Gasteiger partial charge in [0.2, 0.25) is 0 Å². The molecule has 0 aromatic heterocycles. The van der Waals surface area contributed by atoms with Crippen LogP contribution in [0.25, 0.3) is 5.57 Å². The fourth-order valence-corrected chi connectivity index (χ4v) is 1.55.